The average molecular weight is 507 g/mol. The minimum Gasteiger partial charge on any atom is -0.435 e. The van der Waals surface area contributed by atoms with E-state index in [0.29, 0.717) is 11.6 Å². The molecule has 0 saturated heterocycles. The van der Waals surface area contributed by atoms with Crippen LogP contribution in [0, 0.1) is 0 Å². The van der Waals surface area contributed by atoms with Crippen LogP contribution in [-0.2, 0) is 12.1 Å². The number of amides is 1. The van der Waals surface area contributed by atoms with E-state index in [9.17, 15) is 35.5 Å². The number of carbonyl (C=O) groups excluding carboxylic acids is 1. The van der Waals surface area contributed by atoms with Crippen LogP contribution in [0.5, 0.6) is 5.75 Å². The summed E-state index contributed by atoms with van der Waals surface area (Å²) in [7, 11) is 0. The summed E-state index contributed by atoms with van der Waals surface area (Å²) in [6.07, 6.45) is -3.79. The van der Waals surface area contributed by atoms with E-state index in [1.54, 1.807) is 5.32 Å². The summed E-state index contributed by atoms with van der Waals surface area (Å²) < 4.78 is 97.2. The number of nitrogens with one attached hydrogen (secondary N) is 1. The smallest absolute Gasteiger partial charge is 0.417 e. The van der Waals surface area contributed by atoms with Crippen molar-refractivity contribution in [1.29, 1.82) is 0 Å². The van der Waals surface area contributed by atoms with Crippen LogP contribution < -0.4 is 10.1 Å². The number of alkyl halides is 7. The summed E-state index contributed by atoms with van der Waals surface area (Å²) in [5, 5.41) is 1.31. The van der Waals surface area contributed by atoms with Crippen LogP contribution in [0.3, 0.4) is 0 Å². The molecule has 0 fully saturated rings. The molecule has 34 heavy (non-hydrogen) atoms. The zero-order chi connectivity index (χ0) is 25.1. The molecule has 3 rings (SSSR count). The molecular formula is C22H14ClF7N2O2. The lowest BCUT2D eigenvalue weighted by Gasteiger charge is -2.19. The van der Waals surface area contributed by atoms with Crippen LogP contribution in [0.1, 0.15) is 21.6 Å². The number of aromatic nitrogens is 1. The zero-order valence-electron chi connectivity index (χ0n) is 16.8. The lowest BCUT2D eigenvalue weighted by molar-refractivity contribution is -0.137. The first-order valence-electron chi connectivity index (χ1n) is 9.42. The molecule has 1 heterocycles. The van der Waals surface area contributed by atoms with Gasteiger partial charge in [-0.3, -0.25) is 9.78 Å². The normalized spacial score (nSPS) is 12.0. The summed E-state index contributed by atoms with van der Waals surface area (Å²) in [5.41, 5.74) is -2.26. The maximum atomic E-state index is 14.7. The first kappa shape index (κ1) is 25.3. The number of benzene rings is 2. The fraction of sp³-hybridized carbons (Fsp3) is 0.182. The Kier molecular flexibility index (Phi) is 7.35. The van der Waals surface area contributed by atoms with E-state index in [0.717, 1.165) is 24.4 Å². The lowest BCUT2D eigenvalue weighted by Crippen LogP contribution is -2.36. The molecule has 4 nitrogen and oxygen atoms in total. The number of halogens is 8. The van der Waals surface area contributed by atoms with Gasteiger partial charge in [0.1, 0.15) is 11.4 Å². The van der Waals surface area contributed by atoms with E-state index in [-0.39, 0.29) is 11.3 Å². The van der Waals surface area contributed by atoms with Gasteiger partial charge >= 0.3 is 18.7 Å². The molecule has 0 saturated carbocycles. The van der Waals surface area contributed by atoms with E-state index in [1.165, 1.54) is 30.3 Å². The number of rotatable bonds is 7. The molecule has 3 aromatic rings. The number of hydrogen-bond donors (Lipinski definition) is 1. The minimum atomic E-state index is -4.85. The Bertz CT molecular complexity index is 1170. The molecule has 0 radical (unpaired) electrons. The molecule has 2 aromatic carbocycles. The maximum Gasteiger partial charge on any atom is 0.417 e. The van der Waals surface area contributed by atoms with E-state index >= 15 is 0 Å². The number of pyridine rings is 1. The minimum absolute atomic E-state index is 0.108. The molecule has 0 aliphatic rings. The Morgan fingerprint density at radius 3 is 2.24 bits per heavy atom. The highest BCUT2D eigenvalue weighted by molar-refractivity contribution is 6.31. The van der Waals surface area contributed by atoms with Crippen molar-refractivity contribution < 1.29 is 40.3 Å². The van der Waals surface area contributed by atoms with E-state index in [4.69, 9.17) is 11.6 Å². The molecule has 0 atom stereocenters. The van der Waals surface area contributed by atoms with Gasteiger partial charge in [-0.05, 0) is 35.9 Å². The van der Waals surface area contributed by atoms with Gasteiger partial charge in [-0.2, -0.15) is 30.7 Å². The Morgan fingerprint density at radius 1 is 1.00 bits per heavy atom. The number of nitrogens with zero attached hydrogens (tertiary/aromatic N) is 1. The van der Waals surface area contributed by atoms with Crippen molar-refractivity contribution in [1.82, 2.24) is 10.3 Å². The molecule has 0 spiro atoms. The second kappa shape index (κ2) is 9.88. The SMILES string of the molecule is O=C(NCC(F)(F)c1ncc(-c2ccc(OC(F)F)cc2)cc1Cl)c1ccccc1C(F)(F)F. The van der Waals surface area contributed by atoms with Crippen LogP contribution in [0.4, 0.5) is 30.7 Å². The van der Waals surface area contributed by atoms with Crippen molar-refractivity contribution in [3.8, 4) is 16.9 Å². The van der Waals surface area contributed by atoms with E-state index in [1.807, 2.05) is 0 Å². The number of hydrogen-bond acceptors (Lipinski definition) is 3. The second-order valence-electron chi connectivity index (χ2n) is 6.89. The summed E-state index contributed by atoms with van der Waals surface area (Å²) >= 11 is 5.95. The van der Waals surface area contributed by atoms with Gasteiger partial charge < -0.3 is 10.1 Å². The largest absolute Gasteiger partial charge is 0.435 e. The molecule has 180 valence electrons. The van der Waals surface area contributed by atoms with Crippen molar-refractivity contribution in [2.45, 2.75) is 18.7 Å². The third-order valence-corrected chi connectivity index (χ3v) is 4.84. The first-order valence-corrected chi connectivity index (χ1v) is 9.80. The molecule has 0 aliphatic carbocycles. The molecule has 1 N–H and O–H groups in total. The van der Waals surface area contributed by atoms with Gasteiger partial charge in [0.25, 0.3) is 5.91 Å². The van der Waals surface area contributed by atoms with Crippen molar-refractivity contribution in [2.75, 3.05) is 6.54 Å². The van der Waals surface area contributed by atoms with Crippen molar-refractivity contribution in [3.05, 3.63) is 82.6 Å². The van der Waals surface area contributed by atoms with E-state index in [2.05, 4.69) is 9.72 Å². The van der Waals surface area contributed by atoms with Crippen LogP contribution in [0.2, 0.25) is 5.02 Å². The van der Waals surface area contributed by atoms with Crippen LogP contribution >= 0.6 is 11.6 Å². The van der Waals surface area contributed by atoms with Crippen molar-refractivity contribution >= 4 is 17.5 Å². The monoisotopic (exact) mass is 506 g/mol. The average Bonchev–Trinajstić information content (AvgIpc) is 2.77. The van der Waals surface area contributed by atoms with Crippen molar-refractivity contribution in [2.24, 2.45) is 0 Å². The van der Waals surface area contributed by atoms with Crippen molar-refractivity contribution in [3.63, 3.8) is 0 Å². The quantitative estimate of drug-likeness (QED) is 0.370. The van der Waals surface area contributed by atoms with Gasteiger partial charge in [0.15, 0.2) is 0 Å². The highest BCUT2D eigenvalue weighted by Crippen LogP contribution is 2.35. The molecule has 0 unspecified atom stereocenters. The third-order valence-electron chi connectivity index (χ3n) is 4.55. The fourth-order valence-electron chi connectivity index (χ4n) is 2.99. The van der Waals surface area contributed by atoms with Gasteiger partial charge in [0.2, 0.25) is 0 Å². The van der Waals surface area contributed by atoms with Gasteiger partial charge in [-0.1, -0.05) is 35.9 Å². The third kappa shape index (κ3) is 5.96. The second-order valence-corrected chi connectivity index (χ2v) is 7.29. The van der Waals surface area contributed by atoms with Crippen LogP contribution in [0.15, 0.2) is 60.8 Å². The molecular weight excluding hydrogens is 493 g/mol. The van der Waals surface area contributed by atoms with Gasteiger partial charge in [0, 0.05) is 11.8 Å². The molecule has 0 aliphatic heterocycles. The van der Waals surface area contributed by atoms with Gasteiger partial charge in [-0.15, -0.1) is 0 Å². The summed E-state index contributed by atoms with van der Waals surface area (Å²) in [6, 6.07) is 10.2. The predicted molar refractivity (Wildman–Crippen MR) is 109 cm³/mol. The van der Waals surface area contributed by atoms with Crippen LogP contribution in [0.25, 0.3) is 11.1 Å². The summed E-state index contributed by atoms with van der Waals surface area (Å²) in [5.74, 6) is -5.26. The number of carbonyl (C=O) groups is 1. The van der Waals surface area contributed by atoms with E-state index < -0.39 is 53.0 Å². The highest BCUT2D eigenvalue weighted by atomic mass is 35.5. The summed E-state index contributed by atoms with van der Waals surface area (Å²) in [4.78, 5) is 15.8. The topological polar surface area (TPSA) is 51.2 Å². The zero-order valence-corrected chi connectivity index (χ0v) is 17.6. The molecule has 1 aromatic heterocycles. The molecule has 0 bridgehead atoms. The number of ether oxygens (including phenoxy) is 1. The first-order chi connectivity index (χ1) is 15.9. The van der Waals surface area contributed by atoms with Gasteiger partial charge in [-0.25, -0.2) is 0 Å². The highest BCUT2D eigenvalue weighted by Gasteiger charge is 2.38. The predicted octanol–water partition coefficient (Wildman–Crippen LogP) is 6.54. The Morgan fingerprint density at radius 2 is 1.65 bits per heavy atom. The Balaban J connectivity index is 1.75. The maximum absolute atomic E-state index is 14.7. The fourth-order valence-corrected chi connectivity index (χ4v) is 3.30. The Labute approximate surface area is 193 Å². The van der Waals surface area contributed by atoms with Gasteiger partial charge in [0.05, 0.1) is 22.7 Å². The van der Waals surface area contributed by atoms with Crippen LogP contribution in [-0.4, -0.2) is 24.0 Å². The molecule has 1 amide bonds. The lowest BCUT2D eigenvalue weighted by atomic mass is 10.1. The summed E-state index contributed by atoms with van der Waals surface area (Å²) in [6.45, 7) is -4.37. The standard InChI is InChI=1S/C22H14ClF7N2O2/c23-17-9-13(12-5-7-14(8-6-12)34-20(24)25)10-31-18(17)21(26,27)11-32-19(33)15-3-1-2-4-16(15)22(28,29)30/h1-10,20H,11H2,(H,32,33). The molecule has 12 heteroatoms. The Hall–Kier alpha value is -3.34.